The van der Waals surface area contributed by atoms with E-state index in [0.717, 1.165) is 0 Å². The summed E-state index contributed by atoms with van der Waals surface area (Å²) in [5, 5.41) is 0. The SMILES string of the molecule is C=CC=CC=CC=CCC(=O)C=C. The third kappa shape index (κ3) is 8.27. The Balaban J connectivity index is 3.68. The van der Waals surface area contributed by atoms with Crippen molar-refractivity contribution in [3.8, 4) is 0 Å². The summed E-state index contributed by atoms with van der Waals surface area (Å²) in [6.45, 7) is 6.91. The largest absolute Gasteiger partial charge is 0.295 e. The third-order valence-corrected chi connectivity index (χ3v) is 1.26. The molecule has 0 aliphatic heterocycles. The summed E-state index contributed by atoms with van der Waals surface area (Å²) in [4.78, 5) is 10.7. The molecule has 0 aromatic heterocycles. The molecule has 68 valence electrons. The normalized spacial score (nSPS) is 11.4. The molecule has 0 aromatic carbocycles. The molecule has 0 saturated heterocycles. The fourth-order valence-electron chi connectivity index (χ4n) is 0.617. The monoisotopic (exact) mass is 174 g/mol. The van der Waals surface area contributed by atoms with E-state index in [1.807, 2.05) is 30.4 Å². The molecule has 1 nitrogen and oxygen atoms in total. The van der Waals surface area contributed by atoms with Crippen LogP contribution in [0.25, 0.3) is 0 Å². The van der Waals surface area contributed by atoms with Crippen molar-refractivity contribution in [1.82, 2.24) is 0 Å². The average molecular weight is 174 g/mol. The van der Waals surface area contributed by atoms with Crippen molar-refractivity contribution in [2.45, 2.75) is 6.42 Å². The summed E-state index contributed by atoms with van der Waals surface area (Å²) in [5.41, 5.74) is 0. The van der Waals surface area contributed by atoms with Crippen molar-refractivity contribution in [2.24, 2.45) is 0 Å². The fraction of sp³-hybridized carbons (Fsp3) is 0.0833. The Hall–Kier alpha value is -1.63. The highest BCUT2D eigenvalue weighted by Gasteiger charge is 1.86. The molecular formula is C12H14O. The Morgan fingerprint density at radius 1 is 1.00 bits per heavy atom. The molecule has 0 saturated carbocycles. The Kier molecular flexibility index (Phi) is 7.40. The summed E-state index contributed by atoms with van der Waals surface area (Å²) >= 11 is 0. The van der Waals surface area contributed by atoms with Crippen LogP contribution in [0.2, 0.25) is 0 Å². The third-order valence-electron chi connectivity index (χ3n) is 1.26. The second kappa shape index (κ2) is 8.47. The maximum atomic E-state index is 10.7. The minimum Gasteiger partial charge on any atom is -0.295 e. The van der Waals surface area contributed by atoms with Gasteiger partial charge in [-0.1, -0.05) is 55.7 Å². The van der Waals surface area contributed by atoms with Crippen LogP contribution in [0, 0.1) is 0 Å². The van der Waals surface area contributed by atoms with Gasteiger partial charge >= 0.3 is 0 Å². The minimum atomic E-state index is 0.0336. The molecule has 0 spiro atoms. The lowest BCUT2D eigenvalue weighted by molar-refractivity contribution is -0.113. The lowest BCUT2D eigenvalue weighted by Gasteiger charge is -1.82. The summed E-state index contributed by atoms with van der Waals surface area (Å²) in [5.74, 6) is 0.0336. The van der Waals surface area contributed by atoms with Gasteiger partial charge in [-0.05, 0) is 6.08 Å². The van der Waals surface area contributed by atoms with Crippen LogP contribution in [0.4, 0.5) is 0 Å². The molecule has 0 atom stereocenters. The number of hydrogen-bond acceptors (Lipinski definition) is 1. The van der Waals surface area contributed by atoms with Crippen LogP contribution >= 0.6 is 0 Å². The second-order valence-corrected chi connectivity index (χ2v) is 2.31. The number of allylic oxidation sites excluding steroid dienone is 8. The summed E-state index contributed by atoms with van der Waals surface area (Å²) < 4.78 is 0. The van der Waals surface area contributed by atoms with Gasteiger partial charge in [-0.3, -0.25) is 4.79 Å². The first-order valence-corrected chi connectivity index (χ1v) is 4.07. The van der Waals surface area contributed by atoms with E-state index in [4.69, 9.17) is 0 Å². The number of hydrogen-bond donors (Lipinski definition) is 0. The van der Waals surface area contributed by atoms with Crippen molar-refractivity contribution < 1.29 is 4.79 Å². The fourth-order valence-corrected chi connectivity index (χ4v) is 0.617. The Morgan fingerprint density at radius 3 is 2.23 bits per heavy atom. The van der Waals surface area contributed by atoms with Gasteiger partial charge in [0.05, 0.1) is 0 Å². The molecule has 0 fully saturated rings. The molecule has 0 amide bonds. The van der Waals surface area contributed by atoms with Crippen molar-refractivity contribution >= 4 is 5.78 Å². The predicted molar refractivity (Wildman–Crippen MR) is 57.4 cm³/mol. The van der Waals surface area contributed by atoms with Crippen molar-refractivity contribution in [3.05, 3.63) is 61.8 Å². The van der Waals surface area contributed by atoms with E-state index in [1.165, 1.54) is 6.08 Å². The van der Waals surface area contributed by atoms with Crippen LogP contribution in [0.1, 0.15) is 6.42 Å². The molecule has 1 heteroatoms. The molecule has 0 heterocycles. The van der Waals surface area contributed by atoms with Crippen molar-refractivity contribution in [2.75, 3.05) is 0 Å². The predicted octanol–water partition coefficient (Wildman–Crippen LogP) is 2.99. The first kappa shape index (κ1) is 11.4. The van der Waals surface area contributed by atoms with Crippen LogP contribution in [-0.4, -0.2) is 5.78 Å². The van der Waals surface area contributed by atoms with Crippen LogP contribution in [0.5, 0.6) is 0 Å². The van der Waals surface area contributed by atoms with Crippen LogP contribution < -0.4 is 0 Å². The van der Waals surface area contributed by atoms with Crippen molar-refractivity contribution in [3.63, 3.8) is 0 Å². The second-order valence-electron chi connectivity index (χ2n) is 2.31. The maximum Gasteiger partial charge on any atom is 0.158 e. The smallest absolute Gasteiger partial charge is 0.158 e. The topological polar surface area (TPSA) is 17.1 Å². The van der Waals surface area contributed by atoms with Gasteiger partial charge in [-0.25, -0.2) is 0 Å². The summed E-state index contributed by atoms with van der Waals surface area (Å²) in [6.07, 6.45) is 14.5. The quantitative estimate of drug-likeness (QED) is 0.447. The first-order valence-electron chi connectivity index (χ1n) is 4.07. The van der Waals surface area contributed by atoms with Gasteiger partial charge in [0.1, 0.15) is 0 Å². The van der Waals surface area contributed by atoms with Crippen LogP contribution in [0.3, 0.4) is 0 Å². The van der Waals surface area contributed by atoms with Gasteiger partial charge in [0.2, 0.25) is 0 Å². The molecule has 0 aromatic rings. The molecule has 0 aliphatic rings. The van der Waals surface area contributed by atoms with Crippen molar-refractivity contribution in [1.29, 1.82) is 0 Å². The van der Waals surface area contributed by atoms with E-state index in [-0.39, 0.29) is 5.78 Å². The zero-order chi connectivity index (χ0) is 9.94. The Bertz CT molecular complexity index is 254. The number of rotatable bonds is 6. The Labute approximate surface area is 79.5 Å². The molecule has 0 unspecified atom stereocenters. The van der Waals surface area contributed by atoms with Crippen LogP contribution in [-0.2, 0) is 4.79 Å². The van der Waals surface area contributed by atoms with Gasteiger partial charge in [-0.2, -0.15) is 0 Å². The maximum absolute atomic E-state index is 10.7. The molecule has 13 heavy (non-hydrogen) atoms. The van der Waals surface area contributed by atoms with Gasteiger partial charge < -0.3 is 0 Å². The van der Waals surface area contributed by atoms with Crippen LogP contribution in [0.15, 0.2) is 61.8 Å². The zero-order valence-corrected chi connectivity index (χ0v) is 7.65. The lowest BCUT2D eigenvalue weighted by atomic mass is 10.2. The van der Waals surface area contributed by atoms with E-state index in [0.29, 0.717) is 6.42 Å². The Morgan fingerprint density at radius 2 is 1.62 bits per heavy atom. The first-order chi connectivity index (χ1) is 6.31. The molecule has 0 N–H and O–H groups in total. The van der Waals surface area contributed by atoms with Gasteiger partial charge in [-0.15, -0.1) is 0 Å². The average Bonchev–Trinajstić information content (AvgIpc) is 2.16. The molecule has 0 bridgehead atoms. The standard InChI is InChI=1S/C12H14O/c1-3-5-6-7-8-9-10-11-12(13)4-2/h3-10H,1-2,11H2. The lowest BCUT2D eigenvalue weighted by Crippen LogP contribution is -1.85. The minimum absolute atomic E-state index is 0.0336. The molecular weight excluding hydrogens is 160 g/mol. The molecule has 0 aliphatic carbocycles. The van der Waals surface area contributed by atoms with E-state index in [1.54, 1.807) is 12.2 Å². The van der Waals surface area contributed by atoms with E-state index >= 15 is 0 Å². The van der Waals surface area contributed by atoms with E-state index in [9.17, 15) is 4.79 Å². The van der Waals surface area contributed by atoms with E-state index in [2.05, 4.69) is 13.2 Å². The highest BCUT2D eigenvalue weighted by atomic mass is 16.1. The highest BCUT2D eigenvalue weighted by Crippen LogP contribution is 1.88. The van der Waals surface area contributed by atoms with E-state index < -0.39 is 0 Å². The summed E-state index contributed by atoms with van der Waals surface area (Å²) in [6, 6.07) is 0. The van der Waals surface area contributed by atoms with Gasteiger partial charge in [0.15, 0.2) is 5.78 Å². The summed E-state index contributed by atoms with van der Waals surface area (Å²) in [7, 11) is 0. The zero-order valence-electron chi connectivity index (χ0n) is 7.65. The highest BCUT2D eigenvalue weighted by molar-refractivity contribution is 5.90. The number of ketones is 1. The van der Waals surface area contributed by atoms with Gasteiger partial charge in [0.25, 0.3) is 0 Å². The number of carbonyl (C=O) groups excluding carboxylic acids is 1. The number of carbonyl (C=O) groups is 1. The van der Waals surface area contributed by atoms with Gasteiger partial charge in [0, 0.05) is 6.42 Å². The molecule has 0 radical (unpaired) electrons. The molecule has 0 rings (SSSR count).